The normalized spacial score (nSPS) is 18.9. The first kappa shape index (κ1) is 7.59. The van der Waals surface area contributed by atoms with E-state index in [0.29, 0.717) is 12.5 Å². The molecule has 10 heavy (non-hydrogen) atoms. The summed E-state index contributed by atoms with van der Waals surface area (Å²) in [4.78, 5) is 0. The molecule has 0 spiro atoms. The van der Waals surface area contributed by atoms with Gasteiger partial charge < -0.3 is 5.73 Å². The second kappa shape index (κ2) is 3.60. The van der Waals surface area contributed by atoms with Gasteiger partial charge in [-0.2, -0.15) is 0 Å². The van der Waals surface area contributed by atoms with Gasteiger partial charge in [-0.25, -0.2) is 0 Å². The van der Waals surface area contributed by atoms with Crippen molar-refractivity contribution in [3.05, 3.63) is 17.9 Å². The SMILES string of the molecule is C=C=C(CN)C1CCCC1. The number of hydrogen-bond donors (Lipinski definition) is 1. The molecule has 0 atom stereocenters. The summed E-state index contributed by atoms with van der Waals surface area (Å²) in [6.45, 7) is 4.28. The van der Waals surface area contributed by atoms with Crippen LogP contribution in [0.25, 0.3) is 0 Å². The summed E-state index contributed by atoms with van der Waals surface area (Å²) in [5.74, 6) is 0.711. The minimum atomic E-state index is 0.647. The monoisotopic (exact) mass is 137 g/mol. The van der Waals surface area contributed by atoms with Gasteiger partial charge in [-0.3, -0.25) is 0 Å². The molecule has 0 aromatic heterocycles. The van der Waals surface area contributed by atoms with Crippen molar-refractivity contribution >= 4 is 0 Å². The second-order valence-corrected chi connectivity index (χ2v) is 2.89. The van der Waals surface area contributed by atoms with E-state index < -0.39 is 0 Å². The molecule has 2 N–H and O–H groups in total. The maximum absolute atomic E-state index is 5.52. The summed E-state index contributed by atoms with van der Waals surface area (Å²) in [6.07, 6.45) is 5.32. The lowest BCUT2D eigenvalue weighted by Crippen LogP contribution is -2.09. The average Bonchev–Trinajstić information content (AvgIpc) is 2.43. The van der Waals surface area contributed by atoms with Crippen molar-refractivity contribution in [2.45, 2.75) is 25.7 Å². The third-order valence-corrected chi connectivity index (χ3v) is 2.29. The van der Waals surface area contributed by atoms with Crippen molar-refractivity contribution in [1.82, 2.24) is 0 Å². The lowest BCUT2D eigenvalue weighted by Gasteiger charge is -2.08. The molecule has 0 aliphatic heterocycles. The van der Waals surface area contributed by atoms with E-state index in [1.807, 2.05) is 0 Å². The fourth-order valence-electron chi connectivity index (χ4n) is 1.66. The summed E-state index contributed by atoms with van der Waals surface area (Å²) in [6, 6.07) is 0. The summed E-state index contributed by atoms with van der Waals surface area (Å²) in [5, 5.41) is 0. The first-order chi connectivity index (χ1) is 4.88. The average molecular weight is 137 g/mol. The van der Waals surface area contributed by atoms with Crippen molar-refractivity contribution in [1.29, 1.82) is 0 Å². The molecule has 0 unspecified atom stereocenters. The molecular weight excluding hydrogens is 122 g/mol. The van der Waals surface area contributed by atoms with Crippen LogP contribution in [0.15, 0.2) is 17.9 Å². The minimum Gasteiger partial charge on any atom is -0.326 e. The van der Waals surface area contributed by atoms with Crippen LogP contribution in [0.2, 0.25) is 0 Å². The number of hydrogen-bond acceptors (Lipinski definition) is 1. The quantitative estimate of drug-likeness (QED) is 0.577. The van der Waals surface area contributed by atoms with Crippen molar-refractivity contribution in [2.24, 2.45) is 11.7 Å². The predicted molar refractivity (Wildman–Crippen MR) is 43.7 cm³/mol. The summed E-state index contributed by atoms with van der Waals surface area (Å²) in [7, 11) is 0. The van der Waals surface area contributed by atoms with E-state index in [4.69, 9.17) is 5.73 Å². The smallest absolute Gasteiger partial charge is 0.0215 e. The highest BCUT2D eigenvalue weighted by Gasteiger charge is 2.17. The van der Waals surface area contributed by atoms with Gasteiger partial charge >= 0.3 is 0 Å². The highest BCUT2D eigenvalue weighted by atomic mass is 14.5. The van der Waals surface area contributed by atoms with E-state index >= 15 is 0 Å². The van der Waals surface area contributed by atoms with Crippen LogP contribution in [0.5, 0.6) is 0 Å². The molecule has 1 heteroatoms. The zero-order valence-electron chi connectivity index (χ0n) is 6.40. The Kier molecular flexibility index (Phi) is 2.73. The van der Waals surface area contributed by atoms with Gasteiger partial charge in [-0.15, -0.1) is 5.73 Å². The molecule has 1 aliphatic carbocycles. The largest absolute Gasteiger partial charge is 0.326 e. The highest BCUT2D eigenvalue weighted by Crippen LogP contribution is 2.29. The predicted octanol–water partition coefficient (Wildman–Crippen LogP) is 1.85. The Morgan fingerprint density at radius 1 is 1.50 bits per heavy atom. The van der Waals surface area contributed by atoms with Crippen LogP contribution in [-0.2, 0) is 0 Å². The van der Waals surface area contributed by atoms with Gasteiger partial charge in [0, 0.05) is 6.54 Å². The van der Waals surface area contributed by atoms with Crippen LogP contribution in [0, 0.1) is 5.92 Å². The molecule has 0 saturated heterocycles. The van der Waals surface area contributed by atoms with Gasteiger partial charge in [0.1, 0.15) is 0 Å². The van der Waals surface area contributed by atoms with Crippen LogP contribution in [-0.4, -0.2) is 6.54 Å². The fraction of sp³-hybridized carbons (Fsp3) is 0.667. The van der Waals surface area contributed by atoms with Gasteiger partial charge in [0.05, 0.1) is 0 Å². The van der Waals surface area contributed by atoms with E-state index in [9.17, 15) is 0 Å². The summed E-state index contributed by atoms with van der Waals surface area (Å²) in [5.41, 5.74) is 9.69. The van der Waals surface area contributed by atoms with Crippen LogP contribution in [0.1, 0.15) is 25.7 Å². The second-order valence-electron chi connectivity index (χ2n) is 2.89. The van der Waals surface area contributed by atoms with Crippen molar-refractivity contribution in [3.63, 3.8) is 0 Å². The molecule has 0 aromatic rings. The zero-order chi connectivity index (χ0) is 7.40. The Bertz CT molecular complexity index is 148. The molecule has 0 heterocycles. The summed E-state index contributed by atoms with van der Waals surface area (Å²) < 4.78 is 0. The van der Waals surface area contributed by atoms with Gasteiger partial charge in [-0.05, 0) is 24.3 Å². The van der Waals surface area contributed by atoms with Crippen LogP contribution in [0.4, 0.5) is 0 Å². The third kappa shape index (κ3) is 1.50. The Labute approximate surface area is 62.6 Å². The highest BCUT2D eigenvalue weighted by molar-refractivity contribution is 5.07. The van der Waals surface area contributed by atoms with Gasteiger partial charge in [0.2, 0.25) is 0 Å². The fourth-order valence-corrected chi connectivity index (χ4v) is 1.66. The molecular formula is C9H15N. The van der Waals surface area contributed by atoms with Crippen LogP contribution >= 0.6 is 0 Å². The topological polar surface area (TPSA) is 26.0 Å². The Balaban J connectivity index is 2.53. The van der Waals surface area contributed by atoms with Crippen molar-refractivity contribution in [2.75, 3.05) is 6.54 Å². The van der Waals surface area contributed by atoms with Gasteiger partial charge in [0.15, 0.2) is 0 Å². The lowest BCUT2D eigenvalue weighted by atomic mass is 9.99. The molecule has 1 aliphatic rings. The van der Waals surface area contributed by atoms with E-state index in [1.165, 1.54) is 31.3 Å². The molecule has 1 fully saturated rings. The Hall–Kier alpha value is -0.520. The van der Waals surface area contributed by atoms with Gasteiger partial charge in [0.25, 0.3) is 0 Å². The van der Waals surface area contributed by atoms with Crippen LogP contribution in [0.3, 0.4) is 0 Å². The zero-order valence-corrected chi connectivity index (χ0v) is 6.40. The molecule has 0 bridgehead atoms. The maximum atomic E-state index is 5.52. The lowest BCUT2D eigenvalue weighted by molar-refractivity contribution is 0.631. The molecule has 1 saturated carbocycles. The van der Waals surface area contributed by atoms with Crippen molar-refractivity contribution < 1.29 is 0 Å². The summed E-state index contributed by atoms with van der Waals surface area (Å²) >= 11 is 0. The molecule has 1 rings (SSSR count). The number of rotatable bonds is 2. The minimum absolute atomic E-state index is 0.647. The van der Waals surface area contributed by atoms with Crippen LogP contribution < -0.4 is 5.73 Å². The number of nitrogens with two attached hydrogens (primary N) is 1. The first-order valence-electron chi connectivity index (χ1n) is 3.97. The van der Waals surface area contributed by atoms with E-state index in [0.717, 1.165) is 0 Å². The van der Waals surface area contributed by atoms with E-state index in [2.05, 4.69) is 12.3 Å². The molecule has 56 valence electrons. The molecule has 1 nitrogen and oxygen atoms in total. The molecule has 0 aromatic carbocycles. The standard InChI is InChI=1S/C9H15N/c1-2-8(7-10)9-5-3-4-6-9/h9H,1,3-7,10H2. The van der Waals surface area contributed by atoms with Gasteiger partial charge in [-0.1, -0.05) is 19.4 Å². The van der Waals surface area contributed by atoms with E-state index in [-0.39, 0.29) is 0 Å². The Morgan fingerprint density at radius 2 is 2.10 bits per heavy atom. The Morgan fingerprint density at radius 3 is 2.50 bits per heavy atom. The maximum Gasteiger partial charge on any atom is 0.0215 e. The van der Waals surface area contributed by atoms with Crippen molar-refractivity contribution in [3.8, 4) is 0 Å². The third-order valence-electron chi connectivity index (χ3n) is 2.29. The molecule has 0 radical (unpaired) electrons. The first-order valence-corrected chi connectivity index (χ1v) is 3.97. The van der Waals surface area contributed by atoms with E-state index in [1.54, 1.807) is 0 Å². The molecule has 0 amide bonds.